The maximum absolute atomic E-state index is 13.6. The Morgan fingerprint density at radius 2 is 2.15 bits per heavy atom. The molecular weight excluding hydrogens is 259 g/mol. The molecule has 1 heterocycles. The van der Waals surface area contributed by atoms with Gasteiger partial charge in [-0.2, -0.15) is 0 Å². The maximum Gasteiger partial charge on any atom is 0.246 e. The molecular formula is C15H21FN2O2. The quantitative estimate of drug-likeness (QED) is 0.864. The van der Waals surface area contributed by atoms with Crippen molar-refractivity contribution >= 4 is 5.91 Å². The lowest BCUT2D eigenvalue weighted by Gasteiger charge is -2.23. The number of amides is 1. The molecule has 110 valence electrons. The third-order valence-corrected chi connectivity index (χ3v) is 3.49. The van der Waals surface area contributed by atoms with Crippen LogP contribution in [0.4, 0.5) is 4.39 Å². The number of ether oxygens (including phenoxy) is 1. The van der Waals surface area contributed by atoms with Crippen LogP contribution in [0.3, 0.4) is 0 Å². The van der Waals surface area contributed by atoms with E-state index in [-0.39, 0.29) is 30.5 Å². The van der Waals surface area contributed by atoms with Crippen LogP contribution in [0.5, 0.6) is 0 Å². The second-order valence-corrected chi connectivity index (χ2v) is 5.07. The summed E-state index contributed by atoms with van der Waals surface area (Å²) in [5.41, 5.74) is 0.489. The molecule has 4 nitrogen and oxygen atoms in total. The smallest absolute Gasteiger partial charge is 0.246 e. The number of hydrogen-bond acceptors (Lipinski definition) is 3. The lowest BCUT2D eigenvalue weighted by molar-refractivity contribution is -0.128. The van der Waals surface area contributed by atoms with Crippen molar-refractivity contribution in [1.82, 2.24) is 10.6 Å². The molecule has 0 spiro atoms. The fourth-order valence-electron chi connectivity index (χ4n) is 2.34. The van der Waals surface area contributed by atoms with Gasteiger partial charge in [0.05, 0.1) is 12.1 Å². The summed E-state index contributed by atoms with van der Waals surface area (Å²) in [5.74, 6) is -0.515. The molecule has 20 heavy (non-hydrogen) atoms. The second-order valence-electron chi connectivity index (χ2n) is 5.07. The molecule has 0 bridgehead atoms. The second kappa shape index (κ2) is 7.36. The van der Waals surface area contributed by atoms with Crippen LogP contribution in [0.25, 0.3) is 0 Å². The molecule has 1 aromatic rings. The largest absolute Gasteiger partial charge is 0.368 e. The zero-order chi connectivity index (χ0) is 14.4. The number of hydrogen-bond donors (Lipinski definition) is 2. The number of piperidine rings is 1. The number of nitrogens with one attached hydrogen (secondary N) is 2. The zero-order valence-electron chi connectivity index (χ0n) is 11.7. The van der Waals surface area contributed by atoms with E-state index in [1.165, 1.54) is 6.07 Å². The first-order valence-corrected chi connectivity index (χ1v) is 7.03. The Hall–Kier alpha value is -1.46. The topological polar surface area (TPSA) is 50.4 Å². The summed E-state index contributed by atoms with van der Waals surface area (Å²) in [7, 11) is 0. The van der Waals surface area contributed by atoms with Crippen LogP contribution in [-0.2, 0) is 9.53 Å². The molecule has 1 unspecified atom stereocenters. The Morgan fingerprint density at radius 3 is 2.85 bits per heavy atom. The third kappa shape index (κ3) is 4.28. The van der Waals surface area contributed by atoms with Gasteiger partial charge in [0.2, 0.25) is 5.91 Å². The van der Waals surface area contributed by atoms with Gasteiger partial charge in [0.25, 0.3) is 0 Å². The fraction of sp³-hybridized carbons (Fsp3) is 0.533. The molecule has 2 rings (SSSR count). The van der Waals surface area contributed by atoms with Gasteiger partial charge in [0, 0.05) is 5.56 Å². The Labute approximate surface area is 118 Å². The first-order chi connectivity index (χ1) is 9.66. The van der Waals surface area contributed by atoms with Gasteiger partial charge in [-0.1, -0.05) is 18.2 Å². The van der Waals surface area contributed by atoms with Crippen molar-refractivity contribution in [2.75, 3.05) is 19.7 Å². The van der Waals surface area contributed by atoms with Crippen molar-refractivity contribution in [2.24, 2.45) is 0 Å². The van der Waals surface area contributed by atoms with Gasteiger partial charge in [0.15, 0.2) is 0 Å². The summed E-state index contributed by atoms with van der Waals surface area (Å²) in [6, 6.07) is 6.10. The lowest BCUT2D eigenvalue weighted by Crippen LogP contribution is -2.36. The van der Waals surface area contributed by atoms with Crippen LogP contribution in [0.2, 0.25) is 0 Å². The molecule has 5 heteroatoms. The highest BCUT2D eigenvalue weighted by atomic mass is 19.1. The van der Waals surface area contributed by atoms with Crippen molar-refractivity contribution in [3.8, 4) is 0 Å². The van der Waals surface area contributed by atoms with Gasteiger partial charge in [-0.15, -0.1) is 0 Å². The Kier molecular flexibility index (Phi) is 5.49. The van der Waals surface area contributed by atoms with Crippen molar-refractivity contribution in [2.45, 2.75) is 31.9 Å². The maximum atomic E-state index is 13.6. The lowest BCUT2D eigenvalue weighted by atomic mass is 10.1. The van der Waals surface area contributed by atoms with E-state index in [1.54, 1.807) is 25.1 Å². The Balaban J connectivity index is 1.77. The summed E-state index contributed by atoms with van der Waals surface area (Å²) in [6.45, 7) is 3.65. The molecule has 0 radical (unpaired) electrons. The first kappa shape index (κ1) is 14.9. The molecule has 1 aliphatic rings. The summed E-state index contributed by atoms with van der Waals surface area (Å²) in [5, 5.41) is 6.00. The van der Waals surface area contributed by atoms with Gasteiger partial charge in [0.1, 0.15) is 12.4 Å². The van der Waals surface area contributed by atoms with E-state index in [4.69, 9.17) is 4.74 Å². The predicted molar refractivity (Wildman–Crippen MR) is 74.8 cm³/mol. The predicted octanol–water partition coefficient (Wildman–Crippen LogP) is 1.77. The molecule has 0 aromatic heterocycles. The zero-order valence-corrected chi connectivity index (χ0v) is 11.7. The number of benzene rings is 1. The third-order valence-electron chi connectivity index (χ3n) is 3.49. The SMILES string of the molecule is CC(NC(=O)COC1CCNCC1)c1ccccc1F. The van der Waals surface area contributed by atoms with Crippen LogP contribution >= 0.6 is 0 Å². The Morgan fingerprint density at radius 1 is 1.45 bits per heavy atom. The monoisotopic (exact) mass is 280 g/mol. The summed E-state index contributed by atoms with van der Waals surface area (Å²) in [4.78, 5) is 11.8. The van der Waals surface area contributed by atoms with Crippen LogP contribution in [0.1, 0.15) is 31.4 Å². The van der Waals surface area contributed by atoms with Crippen LogP contribution < -0.4 is 10.6 Å². The molecule has 0 aliphatic carbocycles. The van der Waals surface area contributed by atoms with E-state index in [9.17, 15) is 9.18 Å². The average Bonchev–Trinajstić information content (AvgIpc) is 2.46. The van der Waals surface area contributed by atoms with E-state index in [0.717, 1.165) is 25.9 Å². The van der Waals surface area contributed by atoms with Crippen molar-refractivity contribution < 1.29 is 13.9 Å². The molecule has 1 aromatic carbocycles. The van der Waals surface area contributed by atoms with Gasteiger partial charge in [-0.05, 0) is 38.9 Å². The minimum atomic E-state index is -0.361. The molecule has 1 saturated heterocycles. The van der Waals surface area contributed by atoms with E-state index in [1.807, 2.05) is 0 Å². The molecule has 2 N–H and O–H groups in total. The highest BCUT2D eigenvalue weighted by Crippen LogP contribution is 2.16. The van der Waals surface area contributed by atoms with Gasteiger partial charge >= 0.3 is 0 Å². The van der Waals surface area contributed by atoms with E-state index in [0.29, 0.717) is 5.56 Å². The molecule has 0 saturated carbocycles. The van der Waals surface area contributed by atoms with Crippen molar-refractivity contribution in [1.29, 1.82) is 0 Å². The number of rotatable bonds is 5. The number of halogens is 1. The molecule has 1 amide bonds. The standard InChI is InChI=1S/C15H21FN2O2/c1-11(13-4-2-3-5-14(13)16)18-15(19)10-20-12-6-8-17-9-7-12/h2-5,11-12,17H,6-10H2,1H3,(H,18,19). The Bertz CT molecular complexity index is 447. The van der Waals surface area contributed by atoms with Crippen molar-refractivity contribution in [3.63, 3.8) is 0 Å². The molecule has 1 fully saturated rings. The van der Waals surface area contributed by atoms with E-state index < -0.39 is 0 Å². The normalized spacial score (nSPS) is 17.7. The fourth-order valence-corrected chi connectivity index (χ4v) is 2.34. The highest BCUT2D eigenvalue weighted by molar-refractivity contribution is 5.77. The van der Waals surface area contributed by atoms with Crippen LogP contribution in [0, 0.1) is 5.82 Å². The van der Waals surface area contributed by atoms with Crippen LogP contribution in [0.15, 0.2) is 24.3 Å². The van der Waals surface area contributed by atoms with Crippen molar-refractivity contribution in [3.05, 3.63) is 35.6 Å². The molecule has 1 aliphatic heterocycles. The molecule has 1 atom stereocenters. The first-order valence-electron chi connectivity index (χ1n) is 7.03. The minimum absolute atomic E-state index is 0.0312. The van der Waals surface area contributed by atoms with Crippen LogP contribution in [-0.4, -0.2) is 31.7 Å². The number of carbonyl (C=O) groups excluding carboxylic acids is 1. The average molecular weight is 280 g/mol. The summed E-state index contributed by atoms with van der Waals surface area (Å²) in [6.07, 6.45) is 2.00. The minimum Gasteiger partial charge on any atom is -0.368 e. The number of carbonyl (C=O) groups is 1. The summed E-state index contributed by atoms with van der Waals surface area (Å²) < 4.78 is 19.1. The van der Waals surface area contributed by atoms with Gasteiger partial charge in [-0.25, -0.2) is 4.39 Å². The van der Waals surface area contributed by atoms with E-state index in [2.05, 4.69) is 10.6 Å². The summed E-state index contributed by atoms with van der Waals surface area (Å²) >= 11 is 0. The van der Waals surface area contributed by atoms with Gasteiger partial charge < -0.3 is 15.4 Å². The van der Waals surface area contributed by atoms with E-state index >= 15 is 0 Å². The highest BCUT2D eigenvalue weighted by Gasteiger charge is 2.17. The van der Waals surface area contributed by atoms with Gasteiger partial charge in [-0.3, -0.25) is 4.79 Å².